The van der Waals surface area contributed by atoms with Crippen molar-refractivity contribution in [2.24, 2.45) is 0 Å². The van der Waals surface area contributed by atoms with E-state index in [0.717, 1.165) is 27.8 Å². The van der Waals surface area contributed by atoms with Crippen molar-refractivity contribution < 1.29 is 23.9 Å². The van der Waals surface area contributed by atoms with Crippen LogP contribution in [-0.2, 0) is 38.7 Å². The monoisotopic (exact) mass is 424 g/mol. The number of ether oxygens (including phenoxy) is 2. The number of benzene rings is 2. The Labute approximate surface area is 182 Å². The number of carbonyl (C=O) groups excluding carboxylic acids is 3. The predicted molar refractivity (Wildman–Crippen MR) is 118 cm³/mol. The minimum Gasteiger partial charge on any atom is -0.461 e. The van der Waals surface area contributed by atoms with Gasteiger partial charge in [0, 0.05) is 31.7 Å². The first-order valence-electron chi connectivity index (χ1n) is 9.85. The first kappa shape index (κ1) is 23.7. The number of amides is 2. The zero-order valence-electron chi connectivity index (χ0n) is 18.3. The average Bonchev–Trinajstić information content (AvgIpc) is 2.69. The van der Waals surface area contributed by atoms with Crippen LogP contribution in [0.5, 0.6) is 0 Å². The normalized spacial score (nSPS) is 10.2. The molecular weight excluding hydrogens is 396 g/mol. The second-order valence-electron chi connectivity index (χ2n) is 7.26. The fraction of sp³-hybridized carbons (Fsp3) is 0.292. The van der Waals surface area contributed by atoms with E-state index in [2.05, 4.69) is 17.2 Å². The van der Waals surface area contributed by atoms with E-state index in [0.29, 0.717) is 17.8 Å². The summed E-state index contributed by atoms with van der Waals surface area (Å²) in [5.74, 6) is -0.599. The summed E-state index contributed by atoms with van der Waals surface area (Å²) in [7, 11) is 0. The summed E-state index contributed by atoms with van der Waals surface area (Å²) in [6.45, 7) is 10.6. The molecule has 2 N–H and O–H groups in total. The van der Waals surface area contributed by atoms with Gasteiger partial charge in [-0.15, -0.1) is 0 Å². The van der Waals surface area contributed by atoms with Crippen LogP contribution in [0.15, 0.2) is 48.7 Å². The molecule has 0 bridgehead atoms. The summed E-state index contributed by atoms with van der Waals surface area (Å²) < 4.78 is 10.4. The van der Waals surface area contributed by atoms with Gasteiger partial charge in [0.1, 0.15) is 13.2 Å². The van der Waals surface area contributed by atoms with Gasteiger partial charge in [-0.05, 0) is 41.7 Å². The number of aryl methyl sites for hydroxylation is 1. The van der Waals surface area contributed by atoms with Crippen LogP contribution in [-0.4, -0.2) is 18.0 Å². The molecule has 0 aliphatic rings. The lowest BCUT2D eigenvalue weighted by atomic mass is 9.94. The maximum Gasteiger partial charge on any atom is 0.411 e. The summed E-state index contributed by atoms with van der Waals surface area (Å²) in [5.41, 5.74) is 5.24. The SMILES string of the molecule is C=C(Cc1cc(C)c(NC(C)=O)c(C)c1COC(C)=O)NC(=O)OCc1ccccc1. The maximum absolute atomic E-state index is 12.1. The summed E-state index contributed by atoms with van der Waals surface area (Å²) in [6.07, 6.45) is -0.280. The molecule has 2 rings (SSSR count). The molecule has 164 valence electrons. The van der Waals surface area contributed by atoms with Crippen LogP contribution < -0.4 is 10.6 Å². The van der Waals surface area contributed by atoms with Gasteiger partial charge in [-0.2, -0.15) is 0 Å². The average molecular weight is 424 g/mol. The fourth-order valence-electron chi connectivity index (χ4n) is 3.19. The van der Waals surface area contributed by atoms with Crippen LogP contribution in [0, 0.1) is 13.8 Å². The van der Waals surface area contributed by atoms with Crippen LogP contribution in [0.3, 0.4) is 0 Å². The molecule has 0 fully saturated rings. The van der Waals surface area contributed by atoms with Crippen LogP contribution in [0.25, 0.3) is 0 Å². The molecule has 0 unspecified atom stereocenters. The van der Waals surface area contributed by atoms with E-state index in [-0.39, 0.29) is 19.1 Å². The fourth-order valence-corrected chi connectivity index (χ4v) is 3.19. The lowest BCUT2D eigenvalue weighted by Gasteiger charge is -2.20. The van der Waals surface area contributed by atoms with E-state index in [9.17, 15) is 14.4 Å². The van der Waals surface area contributed by atoms with Crippen molar-refractivity contribution >= 4 is 23.7 Å². The van der Waals surface area contributed by atoms with Crippen molar-refractivity contribution in [3.8, 4) is 0 Å². The molecular formula is C24H28N2O5. The Bertz CT molecular complexity index is 983. The van der Waals surface area contributed by atoms with E-state index in [4.69, 9.17) is 9.47 Å². The molecule has 2 aromatic rings. The van der Waals surface area contributed by atoms with Crippen molar-refractivity contribution in [2.75, 3.05) is 5.32 Å². The molecule has 0 aromatic heterocycles. The lowest BCUT2D eigenvalue weighted by Crippen LogP contribution is -2.24. The Morgan fingerprint density at radius 2 is 1.68 bits per heavy atom. The second kappa shape index (κ2) is 11.0. The van der Waals surface area contributed by atoms with Gasteiger partial charge >= 0.3 is 12.1 Å². The zero-order chi connectivity index (χ0) is 23.0. The van der Waals surface area contributed by atoms with E-state index in [1.54, 1.807) is 0 Å². The van der Waals surface area contributed by atoms with Crippen molar-refractivity contribution in [1.29, 1.82) is 0 Å². The standard InChI is InChI=1S/C24H28N2O5/c1-15-11-21(22(14-30-19(5)28)17(3)23(15)26-18(4)27)12-16(2)25-24(29)31-13-20-9-7-6-8-10-20/h6-11H,2,12-14H2,1,3-5H3,(H,25,29)(H,26,27). The highest BCUT2D eigenvalue weighted by Crippen LogP contribution is 2.29. The third-order valence-electron chi connectivity index (χ3n) is 4.62. The topological polar surface area (TPSA) is 93.7 Å². The molecule has 31 heavy (non-hydrogen) atoms. The van der Waals surface area contributed by atoms with Gasteiger partial charge in [-0.3, -0.25) is 14.9 Å². The van der Waals surface area contributed by atoms with Gasteiger partial charge in [-0.1, -0.05) is 43.0 Å². The highest BCUT2D eigenvalue weighted by Gasteiger charge is 2.17. The number of hydrogen-bond acceptors (Lipinski definition) is 5. The summed E-state index contributed by atoms with van der Waals surface area (Å²) >= 11 is 0. The Balaban J connectivity index is 2.13. The molecule has 2 aromatic carbocycles. The summed E-state index contributed by atoms with van der Waals surface area (Å²) in [5, 5.41) is 5.47. The Morgan fingerprint density at radius 1 is 1.00 bits per heavy atom. The van der Waals surface area contributed by atoms with E-state index >= 15 is 0 Å². The van der Waals surface area contributed by atoms with E-state index in [1.807, 2.05) is 50.2 Å². The minimum absolute atomic E-state index is 0.0507. The zero-order valence-corrected chi connectivity index (χ0v) is 18.3. The van der Waals surface area contributed by atoms with Crippen LogP contribution >= 0.6 is 0 Å². The van der Waals surface area contributed by atoms with Crippen molar-refractivity contribution in [1.82, 2.24) is 5.32 Å². The third kappa shape index (κ3) is 7.29. The van der Waals surface area contributed by atoms with Gasteiger partial charge in [-0.25, -0.2) is 4.79 Å². The van der Waals surface area contributed by atoms with E-state index in [1.165, 1.54) is 13.8 Å². The number of hydrogen-bond donors (Lipinski definition) is 2. The molecule has 0 saturated carbocycles. The van der Waals surface area contributed by atoms with Crippen molar-refractivity contribution in [3.63, 3.8) is 0 Å². The molecule has 0 heterocycles. The number of anilines is 1. The quantitative estimate of drug-likeness (QED) is 0.616. The Kier molecular flexibility index (Phi) is 8.37. The molecule has 0 saturated heterocycles. The number of nitrogens with one attached hydrogen (secondary N) is 2. The smallest absolute Gasteiger partial charge is 0.411 e. The van der Waals surface area contributed by atoms with Gasteiger partial charge in [0.05, 0.1) is 0 Å². The highest BCUT2D eigenvalue weighted by molar-refractivity contribution is 5.91. The van der Waals surface area contributed by atoms with Crippen LogP contribution in [0.4, 0.5) is 10.5 Å². The van der Waals surface area contributed by atoms with Gasteiger partial charge in [0.25, 0.3) is 0 Å². The predicted octanol–water partition coefficient (Wildman–Crippen LogP) is 4.31. The lowest BCUT2D eigenvalue weighted by molar-refractivity contribution is -0.142. The molecule has 0 radical (unpaired) electrons. The number of alkyl carbamates (subject to hydrolysis) is 1. The molecule has 0 atom stereocenters. The molecule has 0 aliphatic heterocycles. The van der Waals surface area contributed by atoms with Crippen LogP contribution in [0.2, 0.25) is 0 Å². The summed E-state index contributed by atoms with van der Waals surface area (Å²) in [6, 6.07) is 11.3. The number of carbonyl (C=O) groups is 3. The Morgan fingerprint density at radius 3 is 2.29 bits per heavy atom. The first-order chi connectivity index (χ1) is 14.7. The minimum atomic E-state index is -0.598. The molecule has 2 amide bonds. The molecule has 7 heteroatoms. The number of esters is 1. The van der Waals surface area contributed by atoms with Gasteiger partial charge in [0.2, 0.25) is 5.91 Å². The van der Waals surface area contributed by atoms with Gasteiger partial charge in [0.15, 0.2) is 0 Å². The molecule has 0 aliphatic carbocycles. The van der Waals surface area contributed by atoms with Crippen molar-refractivity contribution in [2.45, 2.75) is 47.3 Å². The van der Waals surface area contributed by atoms with Crippen LogP contribution in [0.1, 0.15) is 41.7 Å². The second-order valence-corrected chi connectivity index (χ2v) is 7.26. The van der Waals surface area contributed by atoms with E-state index < -0.39 is 12.1 Å². The van der Waals surface area contributed by atoms with Gasteiger partial charge < -0.3 is 14.8 Å². The third-order valence-corrected chi connectivity index (χ3v) is 4.62. The number of rotatable bonds is 8. The largest absolute Gasteiger partial charge is 0.461 e. The number of allylic oxidation sites excluding steroid dienone is 1. The highest BCUT2D eigenvalue weighted by atomic mass is 16.5. The first-order valence-corrected chi connectivity index (χ1v) is 9.85. The Hall–Kier alpha value is -3.61. The molecule has 7 nitrogen and oxygen atoms in total. The molecule has 0 spiro atoms. The maximum atomic E-state index is 12.1. The summed E-state index contributed by atoms with van der Waals surface area (Å²) in [4.78, 5) is 35.0. The van der Waals surface area contributed by atoms with Crippen molar-refractivity contribution in [3.05, 3.63) is 76.5 Å².